The van der Waals surface area contributed by atoms with Crippen LogP contribution < -0.4 is 19.7 Å². The molecule has 152 valence electrons. The van der Waals surface area contributed by atoms with Crippen LogP contribution >= 0.6 is 15.9 Å². The highest BCUT2D eigenvalue weighted by Crippen LogP contribution is 2.33. The molecule has 0 amide bonds. The van der Waals surface area contributed by atoms with Gasteiger partial charge in [-0.2, -0.15) is 0 Å². The summed E-state index contributed by atoms with van der Waals surface area (Å²) in [6.07, 6.45) is 0. The molecule has 1 saturated heterocycles. The van der Waals surface area contributed by atoms with Gasteiger partial charge in [-0.25, -0.2) is 8.42 Å². The summed E-state index contributed by atoms with van der Waals surface area (Å²) in [4.78, 5) is 2.50. The number of nitrogens with zero attached hydrogens (tertiary/aromatic N) is 1. The van der Waals surface area contributed by atoms with Crippen molar-refractivity contribution in [3.8, 4) is 5.75 Å². The van der Waals surface area contributed by atoms with Gasteiger partial charge in [0.2, 0.25) is 0 Å². The second kappa shape index (κ2) is 8.31. The van der Waals surface area contributed by atoms with Gasteiger partial charge in [-0.3, -0.25) is 4.72 Å². The lowest BCUT2D eigenvalue weighted by Gasteiger charge is -2.38. The summed E-state index contributed by atoms with van der Waals surface area (Å²) in [7, 11) is -2.21. The van der Waals surface area contributed by atoms with Gasteiger partial charge in [0.25, 0.3) is 10.0 Å². The summed E-state index contributed by atoms with van der Waals surface area (Å²) >= 11 is 3.37. The Hall–Kier alpha value is -1.77. The van der Waals surface area contributed by atoms with E-state index in [0.717, 1.165) is 23.2 Å². The fourth-order valence-corrected chi connectivity index (χ4v) is 5.39. The van der Waals surface area contributed by atoms with Gasteiger partial charge in [0.15, 0.2) is 0 Å². The van der Waals surface area contributed by atoms with Crippen LogP contribution in [0.5, 0.6) is 5.75 Å². The first kappa shape index (κ1) is 21.0. The number of nitrogens with one attached hydrogen (secondary N) is 2. The van der Waals surface area contributed by atoms with Crippen LogP contribution in [0.25, 0.3) is 0 Å². The number of piperazine rings is 1. The number of benzene rings is 2. The zero-order valence-electron chi connectivity index (χ0n) is 16.5. The van der Waals surface area contributed by atoms with E-state index in [1.165, 1.54) is 7.11 Å². The van der Waals surface area contributed by atoms with Gasteiger partial charge in [-0.1, -0.05) is 15.9 Å². The van der Waals surface area contributed by atoms with Crippen LogP contribution in [0.4, 0.5) is 11.4 Å². The van der Waals surface area contributed by atoms with Gasteiger partial charge in [0.05, 0.1) is 17.7 Å². The van der Waals surface area contributed by atoms with Crippen molar-refractivity contribution in [1.29, 1.82) is 0 Å². The van der Waals surface area contributed by atoms with Crippen LogP contribution in [0.2, 0.25) is 0 Å². The molecule has 2 atom stereocenters. The van der Waals surface area contributed by atoms with Crippen molar-refractivity contribution in [2.75, 3.05) is 29.8 Å². The monoisotopic (exact) mass is 467 g/mol. The average molecular weight is 468 g/mol. The normalized spacial score (nSPS) is 20.1. The van der Waals surface area contributed by atoms with Gasteiger partial charge in [0, 0.05) is 35.3 Å². The summed E-state index contributed by atoms with van der Waals surface area (Å²) in [5.41, 5.74) is 2.06. The third-order valence-corrected chi connectivity index (χ3v) is 6.80. The molecule has 0 aromatic heterocycles. The van der Waals surface area contributed by atoms with E-state index >= 15 is 0 Å². The fourth-order valence-electron chi connectivity index (χ4n) is 3.62. The van der Waals surface area contributed by atoms with E-state index in [2.05, 4.69) is 44.7 Å². The fraction of sp³-hybridized carbons (Fsp3) is 0.400. The number of methoxy groups -OCH3 is 1. The lowest BCUT2D eigenvalue weighted by atomic mass is 10.1. The Balaban J connectivity index is 1.94. The topological polar surface area (TPSA) is 70.7 Å². The lowest BCUT2D eigenvalue weighted by Crippen LogP contribution is -2.54. The van der Waals surface area contributed by atoms with Crippen molar-refractivity contribution in [2.24, 2.45) is 0 Å². The second-order valence-corrected chi connectivity index (χ2v) is 9.84. The first-order valence-electron chi connectivity index (χ1n) is 9.17. The maximum Gasteiger partial charge on any atom is 0.262 e. The average Bonchev–Trinajstić information content (AvgIpc) is 2.60. The van der Waals surface area contributed by atoms with E-state index < -0.39 is 10.0 Å². The van der Waals surface area contributed by atoms with Crippen molar-refractivity contribution in [2.45, 2.75) is 37.8 Å². The molecule has 0 aliphatic carbocycles. The van der Waals surface area contributed by atoms with E-state index in [0.29, 0.717) is 29.1 Å². The van der Waals surface area contributed by atoms with E-state index in [-0.39, 0.29) is 4.90 Å². The number of hydrogen-bond acceptors (Lipinski definition) is 5. The maximum atomic E-state index is 13.0. The lowest BCUT2D eigenvalue weighted by molar-refractivity contribution is 0.406. The summed E-state index contributed by atoms with van der Waals surface area (Å²) < 4.78 is 34.9. The van der Waals surface area contributed by atoms with Gasteiger partial charge < -0.3 is 15.0 Å². The number of rotatable bonds is 5. The molecule has 8 heteroatoms. The maximum absolute atomic E-state index is 13.0. The van der Waals surface area contributed by atoms with Crippen LogP contribution in [0.1, 0.15) is 19.4 Å². The first-order chi connectivity index (χ1) is 13.2. The molecule has 2 N–H and O–H groups in total. The number of sulfonamides is 1. The van der Waals surface area contributed by atoms with Crippen LogP contribution in [-0.4, -0.2) is 40.7 Å². The number of ether oxygens (including phenoxy) is 1. The Labute approximate surface area is 175 Å². The molecule has 2 aromatic rings. The van der Waals surface area contributed by atoms with Crippen molar-refractivity contribution in [3.05, 3.63) is 46.4 Å². The van der Waals surface area contributed by atoms with E-state index in [1.807, 2.05) is 12.1 Å². The van der Waals surface area contributed by atoms with E-state index in [1.54, 1.807) is 31.2 Å². The van der Waals surface area contributed by atoms with Gasteiger partial charge in [-0.05, 0) is 62.7 Å². The van der Waals surface area contributed by atoms with Gasteiger partial charge in [-0.15, -0.1) is 0 Å². The van der Waals surface area contributed by atoms with Crippen LogP contribution in [0.15, 0.2) is 45.8 Å². The van der Waals surface area contributed by atoms with Gasteiger partial charge in [0.1, 0.15) is 5.75 Å². The molecule has 28 heavy (non-hydrogen) atoms. The first-order valence-corrected chi connectivity index (χ1v) is 11.4. The second-order valence-electron chi connectivity index (χ2n) is 7.27. The Bertz CT molecular complexity index is 955. The van der Waals surface area contributed by atoms with Crippen molar-refractivity contribution < 1.29 is 13.2 Å². The third kappa shape index (κ3) is 4.61. The molecule has 0 radical (unpaired) electrons. The Morgan fingerprint density at radius 3 is 2.43 bits per heavy atom. The molecule has 3 rings (SSSR count). The predicted molar refractivity (Wildman–Crippen MR) is 117 cm³/mol. The van der Waals surface area contributed by atoms with Crippen molar-refractivity contribution in [1.82, 2.24) is 5.32 Å². The highest BCUT2D eigenvalue weighted by molar-refractivity contribution is 9.10. The summed E-state index contributed by atoms with van der Waals surface area (Å²) in [6, 6.07) is 11.4. The molecule has 0 spiro atoms. The molecule has 1 fully saturated rings. The van der Waals surface area contributed by atoms with Crippen LogP contribution in [0.3, 0.4) is 0 Å². The van der Waals surface area contributed by atoms with Crippen molar-refractivity contribution in [3.63, 3.8) is 0 Å². The standard InChI is InChI=1S/C20H26BrN3O3S/c1-13-9-16(21)5-8-20(13)28(25,26)23-18-10-17(6-7-19(18)27-4)24-11-14(2)22-15(3)12-24/h5-10,14-15,22-23H,11-12H2,1-4H3. The quantitative estimate of drug-likeness (QED) is 0.700. The van der Waals surface area contributed by atoms with E-state index in [4.69, 9.17) is 4.74 Å². The van der Waals surface area contributed by atoms with Crippen LogP contribution in [-0.2, 0) is 10.0 Å². The smallest absolute Gasteiger partial charge is 0.262 e. The molecule has 1 aliphatic rings. The molecule has 2 aromatic carbocycles. The number of aryl methyl sites for hydroxylation is 1. The Kier molecular flexibility index (Phi) is 6.21. The summed E-state index contributed by atoms with van der Waals surface area (Å²) in [5, 5.41) is 3.50. The summed E-state index contributed by atoms with van der Waals surface area (Å²) in [5.74, 6) is 0.485. The zero-order valence-corrected chi connectivity index (χ0v) is 18.9. The number of halogens is 1. The molecular formula is C20H26BrN3O3S. The SMILES string of the molecule is COc1ccc(N2CC(C)NC(C)C2)cc1NS(=O)(=O)c1ccc(Br)cc1C. The minimum absolute atomic E-state index is 0.243. The Morgan fingerprint density at radius 2 is 1.82 bits per heavy atom. The molecule has 0 saturated carbocycles. The molecule has 1 aliphatic heterocycles. The number of anilines is 2. The summed E-state index contributed by atoms with van der Waals surface area (Å²) in [6.45, 7) is 7.78. The van der Waals surface area contributed by atoms with E-state index in [9.17, 15) is 8.42 Å². The molecule has 2 unspecified atom stereocenters. The third-order valence-electron chi connectivity index (χ3n) is 4.78. The molecule has 1 heterocycles. The predicted octanol–water partition coefficient (Wildman–Crippen LogP) is 3.75. The largest absolute Gasteiger partial charge is 0.495 e. The molecule has 6 nitrogen and oxygen atoms in total. The molecule has 0 bridgehead atoms. The number of hydrogen-bond donors (Lipinski definition) is 2. The highest BCUT2D eigenvalue weighted by Gasteiger charge is 2.23. The minimum Gasteiger partial charge on any atom is -0.495 e. The van der Waals surface area contributed by atoms with Crippen LogP contribution in [0, 0.1) is 6.92 Å². The molecular weight excluding hydrogens is 442 g/mol. The van der Waals surface area contributed by atoms with Crippen molar-refractivity contribution >= 4 is 37.3 Å². The zero-order chi connectivity index (χ0) is 20.5. The highest BCUT2D eigenvalue weighted by atomic mass is 79.9. The van der Waals surface area contributed by atoms with Gasteiger partial charge >= 0.3 is 0 Å². The Morgan fingerprint density at radius 1 is 1.14 bits per heavy atom. The minimum atomic E-state index is -3.74.